The molecule has 0 spiro atoms. The number of benzene rings is 1. The zero-order valence-corrected chi connectivity index (χ0v) is 15.5. The van der Waals surface area contributed by atoms with Crippen LogP contribution in [0.1, 0.15) is 48.4 Å². The largest absolute Gasteiger partial charge is 0.348 e. The molecule has 1 aliphatic carbocycles. The second kappa shape index (κ2) is 8.02. The van der Waals surface area contributed by atoms with E-state index in [0.717, 1.165) is 25.7 Å². The van der Waals surface area contributed by atoms with Crippen LogP contribution in [0.25, 0.3) is 0 Å². The third-order valence-corrected chi connectivity index (χ3v) is 4.58. The van der Waals surface area contributed by atoms with E-state index in [1.165, 1.54) is 6.42 Å². The maximum Gasteiger partial charge on any atom is 0.270 e. The van der Waals surface area contributed by atoms with Crippen molar-refractivity contribution in [3.63, 3.8) is 0 Å². The highest BCUT2D eigenvalue weighted by Crippen LogP contribution is 2.25. The molecule has 1 aliphatic rings. The minimum atomic E-state index is -0.162. The fraction of sp³-hybridized carbons (Fsp3) is 0.389. The Hall–Kier alpha value is -1.85. The zero-order chi connectivity index (χ0) is 17.8. The highest BCUT2D eigenvalue weighted by Gasteiger charge is 2.18. The summed E-state index contributed by atoms with van der Waals surface area (Å²) in [5.74, 6) is 0.885. The van der Waals surface area contributed by atoms with Crippen molar-refractivity contribution < 1.29 is 4.79 Å². The predicted octanol–water partition coefficient (Wildman–Crippen LogP) is 4.90. The van der Waals surface area contributed by atoms with Crippen molar-refractivity contribution in [2.45, 2.75) is 45.1 Å². The monoisotopic (exact) mass is 378 g/mol. The van der Waals surface area contributed by atoms with Crippen molar-refractivity contribution in [1.29, 1.82) is 0 Å². The number of carbonyl (C=O) groups excluding carboxylic acids is 1. The van der Waals surface area contributed by atoms with Crippen LogP contribution in [0.4, 0.5) is 11.5 Å². The highest BCUT2D eigenvalue weighted by atomic mass is 35.5. The lowest BCUT2D eigenvalue weighted by Crippen LogP contribution is -2.36. The van der Waals surface area contributed by atoms with Crippen molar-refractivity contribution in [1.82, 2.24) is 15.3 Å². The van der Waals surface area contributed by atoms with Gasteiger partial charge in [0, 0.05) is 27.8 Å². The fourth-order valence-corrected chi connectivity index (χ4v) is 3.55. The Labute approximate surface area is 157 Å². The number of halogens is 2. The van der Waals surface area contributed by atoms with Crippen LogP contribution in [-0.2, 0) is 0 Å². The van der Waals surface area contributed by atoms with E-state index in [1.54, 1.807) is 31.2 Å². The number of aromatic nitrogens is 2. The number of nitrogens with one attached hydrogen (secondary N) is 2. The Morgan fingerprint density at radius 2 is 1.72 bits per heavy atom. The van der Waals surface area contributed by atoms with E-state index < -0.39 is 0 Å². The molecule has 1 amide bonds. The third-order valence-electron chi connectivity index (χ3n) is 4.15. The average molecular weight is 379 g/mol. The molecule has 1 aromatic carbocycles. The van der Waals surface area contributed by atoms with Gasteiger partial charge in [0.2, 0.25) is 0 Å². The lowest BCUT2D eigenvalue weighted by Gasteiger charge is -2.22. The van der Waals surface area contributed by atoms with Gasteiger partial charge in [0.1, 0.15) is 17.3 Å². The average Bonchev–Trinajstić information content (AvgIpc) is 2.54. The lowest BCUT2D eigenvalue weighted by atomic mass is 9.95. The summed E-state index contributed by atoms with van der Waals surface area (Å²) in [4.78, 5) is 21.1. The summed E-state index contributed by atoms with van der Waals surface area (Å²) < 4.78 is 0. The van der Waals surface area contributed by atoms with Gasteiger partial charge in [-0.05, 0) is 38.0 Å². The Balaban J connectivity index is 1.76. The van der Waals surface area contributed by atoms with E-state index in [0.29, 0.717) is 33.1 Å². The Kier molecular flexibility index (Phi) is 5.76. The second-order valence-corrected chi connectivity index (χ2v) is 7.15. The topological polar surface area (TPSA) is 66.9 Å². The minimum Gasteiger partial charge on any atom is -0.348 e. The van der Waals surface area contributed by atoms with Gasteiger partial charge in [-0.15, -0.1) is 0 Å². The van der Waals surface area contributed by atoms with Crippen LogP contribution in [0, 0.1) is 6.92 Å². The molecule has 1 aromatic heterocycles. The minimum absolute atomic E-state index is 0.162. The van der Waals surface area contributed by atoms with Gasteiger partial charge in [0.15, 0.2) is 0 Å². The first-order chi connectivity index (χ1) is 12.0. The van der Waals surface area contributed by atoms with Crippen molar-refractivity contribution >= 4 is 40.6 Å². The highest BCUT2D eigenvalue weighted by molar-refractivity contribution is 6.35. The van der Waals surface area contributed by atoms with Crippen LogP contribution >= 0.6 is 23.2 Å². The smallest absolute Gasteiger partial charge is 0.270 e. The molecular weight excluding hydrogens is 359 g/mol. The van der Waals surface area contributed by atoms with E-state index in [9.17, 15) is 4.79 Å². The van der Waals surface area contributed by atoms with Crippen molar-refractivity contribution in [2.75, 3.05) is 5.32 Å². The van der Waals surface area contributed by atoms with Gasteiger partial charge < -0.3 is 10.6 Å². The number of amides is 1. The summed E-state index contributed by atoms with van der Waals surface area (Å²) in [6, 6.07) is 7.02. The molecule has 1 fully saturated rings. The molecule has 0 bridgehead atoms. The molecular formula is C18H20Cl2N4O. The van der Waals surface area contributed by atoms with Gasteiger partial charge in [-0.25, -0.2) is 9.97 Å². The summed E-state index contributed by atoms with van der Waals surface area (Å²) in [5.41, 5.74) is 1.06. The SMILES string of the molecule is Cc1nc(Nc2cc(Cl)cc(Cl)c2)cc(C(=O)NC2CCCCC2)n1. The molecule has 132 valence electrons. The molecule has 2 N–H and O–H groups in total. The van der Waals surface area contributed by atoms with Crippen LogP contribution < -0.4 is 10.6 Å². The Morgan fingerprint density at radius 3 is 2.40 bits per heavy atom. The molecule has 25 heavy (non-hydrogen) atoms. The van der Waals surface area contributed by atoms with Gasteiger partial charge in [-0.3, -0.25) is 4.79 Å². The molecule has 3 rings (SSSR count). The molecule has 5 nitrogen and oxygen atoms in total. The van der Waals surface area contributed by atoms with E-state index in [2.05, 4.69) is 20.6 Å². The van der Waals surface area contributed by atoms with Crippen LogP contribution in [0.3, 0.4) is 0 Å². The van der Waals surface area contributed by atoms with E-state index in [-0.39, 0.29) is 11.9 Å². The molecule has 0 saturated heterocycles. The summed E-state index contributed by atoms with van der Waals surface area (Å²) in [7, 11) is 0. The summed E-state index contributed by atoms with van der Waals surface area (Å²) in [6.45, 7) is 1.76. The maximum absolute atomic E-state index is 12.5. The molecule has 0 atom stereocenters. The van der Waals surface area contributed by atoms with Gasteiger partial charge in [-0.1, -0.05) is 42.5 Å². The van der Waals surface area contributed by atoms with Gasteiger partial charge >= 0.3 is 0 Å². The van der Waals surface area contributed by atoms with Crippen LogP contribution in [-0.4, -0.2) is 21.9 Å². The summed E-state index contributed by atoms with van der Waals surface area (Å²) in [5, 5.41) is 7.25. The summed E-state index contributed by atoms with van der Waals surface area (Å²) >= 11 is 12.0. The number of carbonyl (C=O) groups is 1. The number of aryl methyl sites for hydroxylation is 1. The molecule has 0 aliphatic heterocycles. The van der Waals surface area contributed by atoms with Crippen LogP contribution in [0.15, 0.2) is 24.3 Å². The molecule has 2 aromatic rings. The first-order valence-electron chi connectivity index (χ1n) is 8.39. The lowest BCUT2D eigenvalue weighted by molar-refractivity contribution is 0.0922. The first-order valence-corrected chi connectivity index (χ1v) is 9.15. The number of hydrogen-bond donors (Lipinski definition) is 2. The number of rotatable bonds is 4. The number of anilines is 2. The van der Waals surface area contributed by atoms with Gasteiger partial charge in [-0.2, -0.15) is 0 Å². The number of nitrogens with zero attached hydrogens (tertiary/aromatic N) is 2. The van der Waals surface area contributed by atoms with Crippen molar-refractivity contribution in [3.8, 4) is 0 Å². The summed E-state index contributed by atoms with van der Waals surface area (Å²) in [6.07, 6.45) is 5.63. The third kappa shape index (κ3) is 5.06. The Morgan fingerprint density at radius 1 is 1.04 bits per heavy atom. The number of hydrogen-bond acceptors (Lipinski definition) is 4. The Bertz CT molecular complexity index is 755. The molecule has 1 heterocycles. The fourth-order valence-electron chi connectivity index (χ4n) is 3.03. The normalized spacial score (nSPS) is 15.0. The molecule has 7 heteroatoms. The molecule has 1 saturated carbocycles. The van der Waals surface area contributed by atoms with Crippen molar-refractivity contribution in [3.05, 3.63) is 45.8 Å². The zero-order valence-electron chi connectivity index (χ0n) is 14.0. The first kappa shape index (κ1) is 18.0. The van der Waals surface area contributed by atoms with Gasteiger partial charge in [0.25, 0.3) is 5.91 Å². The van der Waals surface area contributed by atoms with E-state index in [4.69, 9.17) is 23.2 Å². The quantitative estimate of drug-likeness (QED) is 0.793. The van der Waals surface area contributed by atoms with E-state index >= 15 is 0 Å². The maximum atomic E-state index is 12.5. The van der Waals surface area contributed by atoms with Crippen molar-refractivity contribution in [2.24, 2.45) is 0 Å². The van der Waals surface area contributed by atoms with Gasteiger partial charge in [0.05, 0.1) is 0 Å². The van der Waals surface area contributed by atoms with Crippen LogP contribution in [0.5, 0.6) is 0 Å². The second-order valence-electron chi connectivity index (χ2n) is 6.28. The predicted molar refractivity (Wildman–Crippen MR) is 101 cm³/mol. The van der Waals surface area contributed by atoms with E-state index in [1.807, 2.05) is 0 Å². The standard InChI is InChI=1S/C18H20Cl2N4O/c1-11-21-16(18(25)24-14-5-3-2-4-6-14)10-17(22-11)23-15-8-12(19)7-13(20)9-15/h7-10,14H,2-6H2,1H3,(H,24,25)(H,21,22,23). The molecule has 0 radical (unpaired) electrons. The van der Waals surface area contributed by atoms with Crippen LogP contribution in [0.2, 0.25) is 10.0 Å². The molecule has 0 unspecified atom stereocenters.